The summed E-state index contributed by atoms with van der Waals surface area (Å²) in [5.74, 6) is -0.308. The zero-order valence-corrected chi connectivity index (χ0v) is 16.4. The van der Waals surface area contributed by atoms with Gasteiger partial charge in [0.1, 0.15) is 0 Å². The van der Waals surface area contributed by atoms with Crippen LogP contribution < -0.4 is 14.9 Å². The summed E-state index contributed by atoms with van der Waals surface area (Å²) in [5.41, 5.74) is 2.54. The van der Waals surface area contributed by atoms with Gasteiger partial charge in [0.05, 0.1) is 4.90 Å². The van der Waals surface area contributed by atoms with Crippen molar-refractivity contribution in [3.05, 3.63) is 84.4 Å². The summed E-state index contributed by atoms with van der Waals surface area (Å²) < 4.78 is 27.4. The fraction of sp³-hybridized carbons (Fsp3) is 0.0952. The summed E-state index contributed by atoms with van der Waals surface area (Å²) in [4.78, 5) is 14.5. The molecule has 0 aliphatic carbocycles. The van der Waals surface area contributed by atoms with Crippen molar-refractivity contribution in [2.75, 3.05) is 29.0 Å². The van der Waals surface area contributed by atoms with Crippen LogP contribution in [0.3, 0.4) is 0 Å². The number of para-hydroxylation sites is 1. The molecule has 0 aliphatic rings. The van der Waals surface area contributed by atoms with Crippen LogP contribution >= 0.6 is 0 Å². The fourth-order valence-electron chi connectivity index (χ4n) is 2.55. The first-order valence-electron chi connectivity index (χ1n) is 8.62. The lowest BCUT2D eigenvalue weighted by atomic mass is 10.2. The standard InChI is InChI=1S/C21H21N3O3S/c1-24(2)19-12-10-17(11-13-19)22-21(25)16-8-14-20(15-9-16)28(26,27)23-18-6-4-3-5-7-18/h3-15,23H,1-2H3,(H,22,25). The Kier molecular flexibility index (Phi) is 5.65. The molecule has 3 aromatic rings. The number of nitrogens with one attached hydrogen (secondary N) is 2. The van der Waals surface area contributed by atoms with E-state index < -0.39 is 10.0 Å². The molecule has 0 unspecified atom stereocenters. The van der Waals surface area contributed by atoms with Gasteiger partial charge < -0.3 is 10.2 Å². The monoisotopic (exact) mass is 395 g/mol. The maximum Gasteiger partial charge on any atom is 0.261 e. The molecule has 0 aromatic heterocycles. The number of carbonyl (C=O) groups is 1. The van der Waals surface area contributed by atoms with Gasteiger partial charge in [-0.25, -0.2) is 8.42 Å². The molecule has 0 radical (unpaired) electrons. The van der Waals surface area contributed by atoms with Gasteiger partial charge in [-0.3, -0.25) is 9.52 Å². The Balaban J connectivity index is 1.70. The first-order chi connectivity index (χ1) is 13.3. The molecule has 6 nitrogen and oxygen atoms in total. The third-order valence-electron chi connectivity index (χ3n) is 4.09. The molecule has 3 aromatic carbocycles. The normalized spacial score (nSPS) is 10.9. The summed E-state index contributed by atoms with van der Waals surface area (Å²) in [7, 11) is 0.167. The van der Waals surface area contributed by atoms with E-state index in [0.29, 0.717) is 16.9 Å². The Bertz CT molecular complexity index is 1050. The van der Waals surface area contributed by atoms with Gasteiger partial charge in [0.25, 0.3) is 15.9 Å². The highest BCUT2D eigenvalue weighted by Crippen LogP contribution is 2.19. The van der Waals surface area contributed by atoms with E-state index in [0.717, 1.165) is 5.69 Å². The summed E-state index contributed by atoms with van der Waals surface area (Å²) >= 11 is 0. The second-order valence-electron chi connectivity index (χ2n) is 6.39. The van der Waals surface area contributed by atoms with E-state index in [1.165, 1.54) is 24.3 Å². The van der Waals surface area contributed by atoms with Crippen LogP contribution in [-0.2, 0) is 10.0 Å². The number of nitrogens with zero attached hydrogens (tertiary/aromatic N) is 1. The van der Waals surface area contributed by atoms with E-state index in [1.807, 2.05) is 43.3 Å². The highest BCUT2D eigenvalue weighted by atomic mass is 32.2. The maximum atomic E-state index is 12.4. The Morgan fingerprint density at radius 2 is 1.39 bits per heavy atom. The van der Waals surface area contributed by atoms with Gasteiger partial charge in [-0.05, 0) is 60.7 Å². The molecule has 2 N–H and O–H groups in total. The van der Waals surface area contributed by atoms with Crippen LogP contribution in [0.15, 0.2) is 83.8 Å². The molecule has 0 saturated carbocycles. The second kappa shape index (κ2) is 8.14. The molecule has 0 saturated heterocycles. The van der Waals surface area contributed by atoms with Crippen LogP contribution in [-0.4, -0.2) is 28.4 Å². The summed E-state index contributed by atoms with van der Waals surface area (Å²) in [6.07, 6.45) is 0. The zero-order valence-electron chi connectivity index (χ0n) is 15.6. The van der Waals surface area contributed by atoms with Crippen LogP contribution in [0.4, 0.5) is 17.1 Å². The van der Waals surface area contributed by atoms with Gasteiger partial charge in [-0.15, -0.1) is 0 Å². The van der Waals surface area contributed by atoms with Crippen LogP contribution in [0, 0.1) is 0 Å². The highest BCUT2D eigenvalue weighted by Gasteiger charge is 2.15. The van der Waals surface area contributed by atoms with Crippen molar-refractivity contribution >= 4 is 33.0 Å². The number of hydrogen-bond donors (Lipinski definition) is 2. The molecule has 0 bridgehead atoms. The van der Waals surface area contributed by atoms with E-state index in [-0.39, 0.29) is 10.8 Å². The number of hydrogen-bond acceptors (Lipinski definition) is 4. The Morgan fingerprint density at radius 3 is 1.96 bits per heavy atom. The predicted octanol–water partition coefficient (Wildman–Crippen LogP) is 3.81. The average molecular weight is 395 g/mol. The molecule has 0 fully saturated rings. The molecular formula is C21H21N3O3S. The lowest BCUT2D eigenvalue weighted by molar-refractivity contribution is 0.102. The quantitative estimate of drug-likeness (QED) is 0.665. The van der Waals surface area contributed by atoms with E-state index in [2.05, 4.69) is 10.0 Å². The topological polar surface area (TPSA) is 78.5 Å². The predicted molar refractivity (Wildman–Crippen MR) is 112 cm³/mol. The Hall–Kier alpha value is -3.32. The van der Waals surface area contributed by atoms with Crippen molar-refractivity contribution in [2.45, 2.75) is 4.90 Å². The highest BCUT2D eigenvalue weighted by molar-refractivity contribution is 7.92. The maximum absolute atomic E-state index is 12.4. The zero-order chi connectivity index (χ0) is 20.1. The van der Waals surface area contributed by atoms with Crippen molar-refractivity contribution in [1.29, 1.82) is 0 Å². The van der Waals surface area contributed by atoms with Crippen LogP contribution in [0.5, 0.6) is 0 Å². The molecule has 1 amide bonds. The largest absolute Gasteiger partial charge is 0.378 e. The Morgan fingerprint density at radius 1 is 0.786 bits per heavy atom. The minimum absolute atomic E-state index is 0.0863. The van der Waals surface area contributed by atoms with Gasteiger partial charge in [0.2, 0.25) is 0 Å². The number of sulfonamides is 1. The lowest BCUT2D eigenvalue weighted by Crippen LogP contribution is -2.15. The number of rotatable bonds is 6. The first-order valence-corrected chi connectivity index (χ1v) is 10.1. The lowest BCUT2D eigenvalue weighted by Gasteiger charge is -2.13. The van der Waals surface area contributed by atoms with Crippen LogP contribution in [0.25, 0.3) is 0 Å². The molecule has 144 valence electrons. The van der Waals surface area contributed by atoms with Gasteiger partial charge >= 0.3 is 0 Å². The van der Waals surface area contributed by atoms with Crippen molar-refractivity contribution < 1.29 is 13.2 Å². The number of benzene rings is 3. The van der Waals surface area contributed by atoms with Gasteiger partial charge in [0, 0.05) is 36.7 Å². The minimum atomic E-state index is -3.71. The molecule has 28 heavy (non-hydrogen) atoms. The third kappa shape index (κ3) is 4.69. The van der Waals surface area contributed by atoms with Crippen molar-refractivity contribution in [1.82, 2.24) is 0 Å². The SMILES string of the molecule is CN(C)c1ccc(NC(=O)c2ccc(S(=O)(=O)Nc3ccccc3)cc2)cc1. The number of carbonyl (C=O) groups excluding carboxylic acids is 1. The molecule has 0 heterocycles. The second-order valence-corrected chi connectivity index (χ2v) is 8.07. The number of amides is 1. The summed E-state index contributed by atoms with van der Waals surface area (Å²) in [6.45, 7) is 0. The molecular weight excluding hydrogens is 374 g/mol. The van der Waals surface area contributed by atoms with Crippen molar-refractivity contribution in [2.24, 2.45) is 0 Å². The molecule has 0 atom stereocenters. The van der Waals surface area contributed by atoms with Crippen LogP contribution in [0.1, 0.15) is 10.4 Å². The third-order valence-corrected chi connectivity index (χ3v) is 5.49. The Labute approximate surface area is 164 Å². The molecule has 3 rings (SSSR count). The minimum Gasteiger partial charge on any atom is -0.378 e. The fourth-order valence-corrected chi connectivity index (χ4v) is 3.61. The first kappa shape index (κ1) is 19.4. The van der Waals surface area contributed by atoms with Gasteiger partial charge in [-0.2, -0.15) is 0 Å². The van der Waals surface area contributed by atoms with Crippen molar-refractivity contribution in [3.63, 3.8) is 0 Å². The number of anilines is 3. The van der Waals surface area contributed by atoms with E-state index in [1.54, 1.807) is 30.3 Å². The van der Waals surface area contributed by atoms with Gasteiger partial charge in [0.15, 0.2) is 0 Å². The summed E-state index contributed by atoms with van der Waals surface area (Å²) in [5, 5.41) is 2.80. The smallest absolute Gasteiger partial charge is 0.261 e. The van der Waals surface area contributed by atoms with Crippen molar-refractivity contribution in [3.8, 4) is 0 Å². The van der Waals surface area contributed by atoms with Gasteiger partial charge in [-0.1, -0.05) is 18.2 Å². The van der Waals surface area contributed by atoms with E-state index in [4.69, 9.17) is 0 Å². The molecule has 0 spiro atoms. The molecule has 7 heteroatoms. The molecule has 0 aliphatic heterocycles. The average Bonchev–Trinajstić information content (AvgIpc) is 2.69. The van der Waals surface area contributed by atoms with Crippen LogP contribution in [0.2, 0.25) is 0 Å². The summed E-state index contributed by atoms with van der Waals surface area (Å²) in [6, 6.07) is 21.9. The van der Waals surface area contributed by atoms with E-state index >= 15 is 0 Å². The van der Waals surface area contributed by atoms with E-state index in [9.17, 15) is 13.2 Å².